The molecule has 2 aromatic heterocycles. The van der Waals surface area contributed by atoms with E-state index in [1.54, 1.807) is 0 Å². The first kappa shape index (κ1) is 19.3. The lowest BCUT2D eigenvalue weighted by Crippen LogP contribution is -2.43. The summed E-state index contributed by atoms with van der Waals surface area (Å²) in [5.41, 5.74) is -0.580. The summed E-state index contributed by atoms with van der Waals surface area (Å²) < 4.78 is 12.9. The molecule has 0 spiro atoms. The van der Waals surface area contributed by atoms with E-state index in [1.165, 1.54) is 12.4 Å². The van der Waals surface area contributed by atoms with Gasteiger partial charge in [0.2, 0.25) is 5.89 Å². The Morgan fingerprint density at radius 1 is 1.07 bits per heavy atom. The zero-order valence-electron chi connectivity index (χ0n) is 15.2. The van der Waals surface area contributed by atoms with Crippen molar-refractivity contribution in [3.63, 3.8) is 0 Å². The number of aromatic nitrogens is 3. The van der Waals surface area contributed by atoms with Gasteiger partial charge in [0.25, 0.3) is 5.56 Å². The number of oxazole rings is 1. The van der Waals surface area contributed by atoms with E-state index in [2.05, 4.69) is 4.98 Å². The molecule has 0 saturated carbocycles. The molecule has 1 aliphatic heterocycles. The summed E-state index contributed by atoms with van der Waals surface area (Å²) in [6.07, 6.45) is -2.47. The summed E-state index contributed by atoms with van der Waals surface area (Å²) in [6.45, 7) is -0.698. The van der Waals surface area contributed by atoms with Gasteiger partial charge in [0.15, 0.2) is 6.23 Å². The third-order valence-electron chi connectivity index (χ3n) is 4.78. The van der Waals surface area contributed by atoms with E-state index in [4.69, 9.17) is 9.15 Å². The molecule has 1 fully saturated rings. The Labute approximate surface area is 163 Å². The maximum Gasteiger partial charge on any atom is 0.333 e. The number of nitrogens with zero attached hydrogens (tertiary/aromatic N) is 3. The highest BCUT2D eigenvalue weighted by Crippen LogP contribution is 2.27. The molecular weight excluding hydrogens is 382 g/mol. The fourth-order valence-corrected chi connectivity index (χ4v) is 3.23. The Morgan fingerprint density at radius 3 is 2.52 bits per heavy atom. The van der Waals surface area contributed by atoms with Gasteiger partial charge in [0.1, 0.15) is 24.1 Å². The lowest BCUT2D eigenvalue weighted by atomic mass is 10.1. The van der Waals surface area contributed by atoms with Gasteiger partial charge in [-0.2, -0.15) is 0 Å². The molecule has 10 nitrogen and oxygen atoms in total. The van der Waals surface area contributed by atoms with Crippen molar-refractivity contribution in [1.82, 2.24) is 14.1 Å². The topological polar surface area (TPSA) is 140 Å². The van der Waals surface area contributed by atoms with E-state index in [1.807, 2.05) is 30.3 Å². The van der Waals surface area contributed by atoms with Crippen molar-refractivity contribution in [3.8, 4) is 11.5 Å². The number of hydrogen-bond acceptors (Lipinski definition) is 8. The zero-order valence-corrected chi connectivity index (χ0v) is 15.2. The van der Waals surface area contributed by atoms with Crippen molar-refractivity contribution in [1.29, 1.82) is 0 Å². The normalized spacial score (nSPS) is 24.1. The van der Waals surface area contributed by atoms with Crippen LogP contribution in [-0.4, -0.2) is 54.4 Å². The van der Waals surface area contributed by atoms with Crippen molar-refractivity contribution in [3.05, 3.63) is 75.4 Å². The predicted molar refractivity (Wildman–Crippen MR) is 99.0 cm³/mol. The van der Waals surface area contributed by atoms with Gasteiger partial charge in [-0.25, -0.2) is 9.78 Å². The van der Waals surface area contributed by atoms with Crippen LogP contribution in [0.1, 0.15) is 12.0 Å². The number of aliphatic hydroxyl groups excluding tert-OH is 3. The van der Waals surface area contributed by atoms with E-state index in [-0.39, 0.29) is 6.54 Å². The van der Waals surface area contributed by atoms with E-state index >= 15 is 0 Å². The third-order valence-corrected chi connectivity index (χ3v) is 4.78. The number of rotatable bonds is 5. The second-order valence-electron chi connectivity index (χ2n) is 6.66. The minimum atomic E-state index is -1.44. The molecule has 0 radical (unpaired) electrons. The Hall–Kier alpha value is -3.05. The summed E-state index contributed by atoms with van der Waals surface area (Å²) in [6, 6.07) is 10.3. The standard InChI is InChI=1S/C19H19N3O7/c23-10-13-15(25)16(26)18(29-13)21-7-6-14(24)22(19(21)27)9-12-8-20-17(28-12)11-4-2-1-3-5-11/h1-8,13,15-16,18,23,25-26H,9-10H2/t13-,15?,16+,18-/m1/s1. The second-order valence-corrected chi connectivity index (χ2v) is 6.66. The van der Waals surface area contributed by atoms with Crippen LogP contribution in [0.5, 0.6) is 0 Å². The van der Waals surface area contributed by atoms with Crippen LogP contribution in [-0.2, 0) is 11.3 Å². The van der Waals surface area contributed by atoms with Crippen LogP contribution in [0.15, 0.2) is 62.8 Å². The van der Waals surface area contributed by atoms with Gasteiger partial charge >= 0.3 is 5.69 Å². The Kier molecular flexibility index (Phi) is 5.16. The van der Waals surface area contributed by atoms with Crippen LogP contribution in [0.4, 0.5) is 0 Å². The SMILES string of the molecule is O=c1ccn([C@@H]2O[C@H](CO)C(O)[C@@H]2O)c(=O)n1Cc1cnc(-c2ccccc2)o1. The Bertz CT molecular complexity index is 1100. The molecule has 29 heavy (non-hydrogen) atoms. The molecule has 0 bridgehead atoms. The molecule has 0 aliphatic carbocycles. The fraction of sp³-hybridized carbons (Fsp3) is 0.316. The summed E-state index contributed by atoms with van der Waals surface area (Å²) in [4.78, 5) is 29.3. The van der Waals surface area contributed by atoms with Crippen molar-refractivity contribution >= 4 is 0 Å². The monoisotopic (exact) mass is 401 g/mol. The highest BCUT2D eigenvalue weighted by molar-refractivity contribution is 5.52. The van der Waals surface area contributed by atoms with Crippen molar-refractivity contribution in [2.75, 3.05) is 6.61 Å². The minimum Gasteiger partial charge on any atom is -0.439 e. The highest BCUT2D eigenvalue weighted by Gasteiger charge is 2.43. The van der Waals surface area contributed by atoms with Gasteiger partial charge in [-0.05, 0) is 12.1 Å². The summed E-state index contributed by atoms with van der Waals surface area (Å²) >= 11 is 0. The number of benzene rings is 1. The molecule has 0 amide bonds. The summed E-state index contributed by atoms with van der Waals surface area (Å²) in [7, 11) is 0. The molecule has 3 N–H and O–H groups in total. The molecular formula is C19H19N3O7. The maximum absolute atomic E-state index is 12.8. The van der Waals surface area contributed by atoms with Gasteiger partial charge in [-0.3, -0.25) is 13.9 Å². The van der Waals surface area contributed by atoms with E-state index in [0.29, 0.717) is 11.7 Å². The molecule has 1 aromatic carbocycles. The third kappa shape index (κ3) is 3.54. The lowest BCUT2D eigenvalue weighted by molar-refractivity contribution is -0.0555. The fourth-order valence-electron chi connectivity index (χ4n) is 3.23. The van der Waals surface area contributed by atoms with Gasteiger partial charge in [-0.15, -0.1) is 0 Å². The molecule has 3 heterocycles. The van der Waals surface area contributed by atoms with E-state index < -0.39 is 42.4 Å². The average molecular weight is 401 g/mol. The van der Waals surface area contributed by atoms with Crippen LogP contribution < -0.4 is 11.2 Å². The largest absolute Gasteiger partial charge is 0.439 e. The van der Waals surface area contributed by atoms with Crippen LogP contribution in [0.2, 0.25) is 0 Å². The lowest BCUT2D eigenvalue weighted by Gasteiger charge is -2.18. The van der Waals surface area contributed by atoms with Crippen molar-refractivity contribution < 1.29 is 24.5 Å². The number of aliphatic hydroxyl groups is 3. The van der Waals surface area contributed by atoms with Gasteiger partial charge in [0, 0.05) is 17.8 Å². The van der Waals surface area contributed by atoms with Gasteiger partial charge in [-0.1, -0.05) is 18.2 Å². The zero-order chi connectivity index (χ0) is 20.5. The molecule has 1 unspecified atom stereocenters. The van der Waals surface area contributed by atoms with Crippen LogP contribution >= 0.6 is 0 Å². The van der Waals surface area contributed by atoms with Gasteiger partial charge < -0.3 is 24.5 Å². The summed E-state index contributed by atoms with van der Waals surface area (Å²) in [5, 5.41) is 29.3. The molecule has 10 heteroatoms. The van der Waals surface area contributed by atoms with Crippen molar-refractivity contribution in [2.45, 2.75) is 31.1 Å². The van der Waals surface area contributed by atoms with E-state index in [0.717, 1.165) is 20.8 Å². The predicted octanol–water partition coefficient (Wildman–Crippen LogP) is -0.675. The van der Waals surface area contributed by atoms with Crippen LogP contribution in [0, 0.1) is 0 Å². The summed E-state index contributed by atoms with van der Waals surface area (Å²) in [5.74, 6) is 0.648. The highest BCUT2D eigenvalue weighted by atomic mass is 16.6. The van der Waals surface area contributed by atoms with Gasteiger partial charge in [0.05, 0.1) is 19.3 Å². The maximum atomic E-state index is 12.8. The molecule has 1 saturated heterocycles. The second kappa shape index (κ2) is 7.76. The molecule has 3 aromatic rings. The van der Waals surface area contributed by atoms with Crippen molar-refractivity contribution in [2.24, 2.45) is 0 Å². The quantitative estimate of drug-likeness (QED) is 0.511. The first-order valence-corrected chi connectivity index (χ1v) is 8.94. The molecule has 4 atom stereocenters. The smallest absolute Gasteiger partial charge is 0.333 e. The van der Waals surface area contributed by atoms with Crippen LogP contribution in [0.3, 0.4) is 0 Å². The first-order valence-electron chi connectivity index (χ1n) is 8.94. The Morgan fingerprint density at radius 2 is 1.83 bits per heavy atom. The minimum absolute atomic E-state index is 0.173. The Balaban J connectivity index is 1.64. The first-order chi connectivity index (χ1) is 14.0. The number of hydrogen-bond donors (Lipinski definition) is 3. The van der Waals surface area contributed by atoms with Crippen LogP contribution in [0.25, 0.3) is 11.5 Å². The molecule has 1 aliphatic rings. The molecule has 152 valence electrons. The average Bonchev–Trinajstić information content (AvgIpc) is 3.31. The number of ether oxygens (including phenoxy) is 1. The molecule has 4 rings (SSSR count). The van der Waals surface area contributed by atoms with E-state index in [9.17, 15) is 24.9 Å².